The van der Waals surface area contributed by atoms with Crippen LogP contribution >= 0.6 is 0 Å². The Morgan fingerprint density at radius 1 is 1.33 bits per heavy atom. The lowest BCUT2D eigenvalue weighted by Crippen LogP contribution is -2.51. The number of carboxylic acid groups (broad SMARTS) is 1. The number of carbonyl (C=O) groups excluding carboxylic acids is 1. The molecule has 0 bridgehead atoms. The largest absolute Gasteiger partial charge is 0.481 e. The molecule has 1 rings (SSSR count). The number of aliphatic carboxylic acids is 1. The number of rotatable bonds is 6. The van der Waals surface area contributed by atoms with Gasteiger partial charge in [0.1, 0.15) is 0 Å². The summed E-state index contributed by atoms with van der Waals surface area (Å²) in [4.78, 5) is 27.4. The Hall–Kier alpha value is -1.30. The molecule has 0 aromatic heterocycles. The first kappa shape index (κ1) is 17.8. The van der Waals surface area contributed by atoms with Crippen LogP contribution in [0.2, 0.25) is 0 Å². The maximum absolute atomic E-state index is 12.6. The highest BCUT2D eigenvalue weighted by Crippen LogP contribution is 2.31. The van der Waals surface area contributed by atoms with E-state index in [1.165, 1.54) is 0 Å². The monoisotopic (exact) mass is 300 g/mol. The normalized spacial score (nSPS) is 17.9. The molecule has 122 valence electrons. The van der Waals surface area contributed by atoms with Crippen molar-refractivity contribution in [3.8, 4) is 0 Å². The predicted molar refractivity (Wildman–Crippen MR) is 80.2 cm³/mol. The quantitative estimate of drug-likeness (QED) is 0.813. The second-order valence-electron chi connectivity index (χ2n) is 6.47. The lowest BCUT2D eigenvalue weighted by molar-refractivity contribution is -0.150. The molecule has 0 spiro atoms. The summed E-state index contributed by atoms with van der Waals surface area (Å²) in [5.74, 6) is -0.382. The number of piperidine rings is 1. The Morgan fingerprint density at radius 2 is 1.90 bits per heavy atom. The highest BCUT2D eigenvalue weighted by Gasteiger charge is 2.38. The Labute approximate surface area is 127 Å². The summed E-state index contributed by atoms with van der Waals surface area (Å²) >= 11 is 0. The first-order chi connectivity index (χ1) is 9.80. The number of methoxy groups -OCH3 is 1. The number of urea groups is 1. The van der Waals surface area contributed by atoms with Gasteiger partial charge in [0.15, 0.2) is 0 Å². The fourth-order valence-corrected chi connectivity index (χ4v) is 2.51. The molecule has 0 aliphatic carbocycles. The number of nitrogens with zero attached hydrogens (tertiary/aromatic N) is 2. The minimum atomic E-state index is -0.770. The van der Waals surface area contributed by atoms with Gasteiger partial charge >= 0.3 is 12.0 Å². The summed E-state index contributed by atoms with van der Waals surface area (Å²) in [6.07, 6.45) is 1.02. The van der Waals surface area contributed by atoms with Gasteiger partial charge in [0.25, 0.3) is 0 Å². The summed E-state index contributed by atoms with van der Waals surface area (Å²) in [6.45, 7) is 8.68. The van der Waals surface area contributed by atoms with Crippen molar-refractivity contribution >= 4 is 12.0 Å². The molecule has 1 aliphatic heterocycles. The average Bonchev–Trinajstić information content (AvgIpc) is 2.43. The first-order valence-electron chi connectivity index (χ1n) is 7.56. The standard InChI is InChI=1S/C15H28N2O4/c1-12(2)11-17(9-10-21-4)14(20)16-7-5-15(3,6-8-16)13(18)19/h12H,5-11H2,1-4H3,(H,18,19). The molecule has 1 N–H and O–H groups in total. The van der Waals surface area contributed by atoms with Crippen molar-refractivity contribution < 1.29 is 19.4 Å². The van der Waals surface area contributed by atoms with Crippen molar-refractivity contribution in [2.45, 2.75) is 33.6 Å². The van der Waals surface area contributed by atoms with Crippen molar-refractivity contribution in [1.29, 1.82) is 0 Å². The van der Waals surface area contributed by atoms with Gasteiger partial charge in [0.05, 0.1) is 12.0 Å². The maximum atomic E-state index is 12.6. The second-order valence-corrected chi connectivity index (χ2v) is 6.47. The van der Waals surface area contributed by atoms with Crippen LogP contribution in [0.5, 0.6) is 0 Å². The van der Waals surface area contributed by atoms with Gasteiger partial charge in [-0.15, -0.1) is 0 Å². The van der Waals surface area contributed by atoms with E-state index in [0.717, 1.165) is 0 Å². The number of hydrogen-bond donors (Lipinski definition) is 1. The minimum Gasteiger partial charge on any atom is -0.481 e. The van der Waals surface area contributed by atoms with Crippen molar-refractivity contribution in [3.63, 3.8) is 0 Å². The molecule has 1 fully saturated rings. The molecular weight excluding hydrogens is 272 g/mol. The van der Waals surface area contributed by atoms with Crippen LogP contribution in [0.3, 0.4) is 0 Å². The zero-order valence-corrected chi connectivity index (χ0v) is 13.6. The third-order valence-corrected chi connectivity index (χ3v) is 4.08. The molecule has 0 aromatic carbocycles. The smallest absolute Gasteiger partial charge is 0.320 e. The second kappa shape index (κ2) is 7.64. The molecule has 1 aliphatic rings. The Balaban J connectivity index is 2.62. The molecule has 1 heterocycles. The maximum Gasteiger partial charge on any atom is 0.320 e. The van der Waals surface area contributed by atoms with E-state index in [2.05, 4.69) is 13.8 Å². The van der Waals surface area contributed by atoms with Crippen LogP contribution in [0.15, 0.2) is 0 Å². The minimum absolute atomic E-state index is 0.00631. The number of amides is 2. The van der Waals surface area contributed by atoms with Gasteiger partial charge in [-0.05, 0) is 25.7 Å². The molecule has 1 saturated heterocycles. The lowest BCUT2D eigenvalue weighted by atomic mass is 9.80. The zero-order chi connectivity index (χ0) is 16.0. The third-order valence-electron chi connectivity index (χ3n) is 4.08. The van der Waals surface area contributed by atoms with Gasteiger partial charge < -0.3 is 19.6 Å². The fraction of sp³-hybridized carbons (Fsp3) is 0.867. The summed E-state index contributed by atoms with van der Waals surface area (Å²) in [6, 6.07) is -0.00631. The number of ether oxygens (including phenoxy) is 1. The SMILES string of the molecule is COCCN(CC(C)C)C(=O)N1CCC(C)(C(=O)O)CC1. The van der Waals surface area contributed by atoms with E-state index in [9.17, 15) is 14.7 Å². The summed E-state index contributed by atoms with van der Waals surface area (Å²) < 4.78 is 5.07. The molecule has 6 heteroatoms. The first-order valence-corrected chi connectivity index (χ1v) is 7.56. The summed E-state index contributed by atoms with van der Waals surface area (Å²) in [5.41, 5.74) is -0.702. The average molecular weight is 300 g/mol. The van der Waals surface area contributed by atoms with Crippen LogP contribution in [-0.2, 0) is 9.53 Å². The van der Waals surface area contributed by atoms with E-state index in [1.54, 1.807) is 23.8 Å². The van der Waals surface area contributed by atoms with E-state index < -0.39 is 11.4 Å². The summed E-state index contributed by atoms with van der Waals surface area (Å²) in [7, 11) is 1.62. The number of hydrogen-bond acceptors (Lipinski definition) is 3. The van der Waals surface area contributed by atoms with Crippen LogP contribution < -0.4 is 0 Å². The van der Waals surface area contributed by atoms with Gasteiger partial charge in [0.2, 0.25) is 0 Å². The van der Waals surface area contributed by atoms with Crippen molar-refractivity contribution in [2.75, 3.05) is 39.9 Å². The van der Waals surface area contributed by atoms with Gasteiger partial charge in [0, 0.05) is 33.3 Å². The van der Waals surface area contributed by atoms with Gasteiger partial charge in [-0.2, -0.15) is 0 Å². The molecule has 0 radical (unpaired) electrons. The number of likely N-dealkylation sites (tertiary alicyclic amines) is 1. The molecule has 0 saturated carbocycles. The Kier molecular flexibility index (Phi) is 6.45. The highest BCUT2D eigenvalue weighted by atomic mass is 16.5. The van der Waals surface area contributed by atoms with Crippen LogP contribution in [0.25, 0.3) is 0 Å². The van der Waals surface area contributed by atoms with E-state index in [1.807, 2.05) is 0 Å². The molecular formula is C15H28N2O4. The van der Waals surface area contributed by atoms with E-state index in [-0.39, 0.29) is 6.03 Å². The van der Waals surface area contributed by atoms with Crippen molar-refractivity contribution in [1.82, 2.24) is 9.80 Å². The summed E-state index contributed by atoms with van der Waals surface area (Å²) in [5, 5.41) is 9.24. The molecule has 6 nitrogen and oxygen atoms in total. The number of carbonyl (C=O) groups is 2. The highest BCUT2D eigenvalue weighted by molar-refractivity contribution is 5.77. The fourth-order valence-electron chi connectivity index (χ4n) is 2.51. The number of carboxylic acids is 1. The Bertz CT molecular complexity index is 363. The van der Waals surface area contributed by atoms with Crippen molar-refractivity contribution in [2.24, 2.45) is 11.3 Å². The molecule has 21 heavy (non-hydrogen) atoms. The molecule has 2 amide bonds. The predicted octanol–water partition coefficient (Wildman–Crippen LogP) is 1.90. The molecule has 0 atom stereocenters. The Morgan fingerprint density at radius 3 is 2.33 bits per heavy atom. The van der Waals surface area contributed by atoms with Gasteiger partial charge in [-0.3, -0.25) is 4.79 Å². The van der Waals surface area contributed by atoms with Gasteiger partial charge in [-0.1, -0.05) is 13.8 Å². The van der Waals surface area contributed by atoms with Crippen LogP contribution in [0.4, 0.5) is 4.79 Å². The van der Waals surface area contributed by atoms with Crippen LogP contribution in [0.1, 0.15) is 33.6 Å². The third kappa shape index (κ3) is 4.88. The lowest BCUT2D eigenvalue weighted by Gasteiger charge is -2.39. The van der Waals surface area contributed by atoms with Gasteiger partial charge in [-0.25, -0.2) is 4.79 Å². The van der Waals surface area contributed by atoms with E-state index in [4.69, 9.17) is 4.74 Å². The van der Waals surface area contributed by atoms with E-state index >= 15 is 0 Å². The van der Waals surface area contributed by atoms with E-state index in [0.29, 0.717) is 51.5 Å². The molecule has 0 aromatic rings. The van der Waals surface area contributed by atoms with Crippen molar-refractivity contribution in [3.05, 3.63) is 0 Å². The topological polar surface area (TPSA) is 70.1 Å². The molecule has 0 unspecified atom stereocenters. The van der Waals surface area contributed by atoms with Crippen LogP contribution in [-0.4, -0.2) is 66.8 Å². The zero-order valence-electron chi connectivity index (χ0n) is 13.6. The van der Waals surface area contributed by atoms with Crippen LogP contribution in [0, 0.1) is 11.3 Å².